The molecule has 3 aliphatic rings. The number of nitrogens with zero attached hydrogens (tertiary/aromatic N) is 1. The molecule has 10 nitrogen and oxygen atoms in total. The Morgan fingerprint density at radius 2 is 1.82 bits per heavy atom. The van der Waals surface area contributed by atoms with Crippen molar-refractivity contribution in [2.45, 2.75) is 75.5 Å². The van der Waals surface area contributed by atoms with Gasteiger partial charge in [0, 0.05) is 35.6 Å². The van der Waals surface area contributed by atoms with Gasteiger partial charge in [-0.3, -0.25) is 9.59 Å². The van der Waals surface area contributed by atoms with Crippen LogP contribution in [0.15, 0.2) is 24.3 Å². The zero-order valence-corrected chi connectivity index (χ0v) is 21.7. The van der Waals surface area contributed by atoms with Crippen molar-refractivity contribution in [3.05, 3.63) is 57.6 Å². The number of hydrogen-bond donors (Lipinski definition) is 5. The Kier molecular flexibility index (Phi) is 6.62. The smallest absolute Gasteiger partial charge is 0.201 e. The van der Waals surface area contributed by atoms with E-state index in [0.29, 0.717) is 0 Å². The molecule has 1 aliphatic heterocycles. The van der Waals surface area contributed by atoms with Crippen molar-refractivity contribution in [3.8, 4) is 11.5 Å². The average molecular weight is 528 g/mol. The van der Waals surface area contributed by atoms with Gasteiger partial charge >= 0.3 is 0 Å². The van der Waals surface area contributed by atoms with Crippen LogP contribution in [-0.2, 0) is 9.47 Å². The fourth-order valence-corrected chi connectivity index (χ4v) is 6.03. The lowest BCUT2D eigenvalue weighted by molar-refractivity contribution is -0.279. The van der Waals surface area contributed by atoms with Gasteiger partial charge in [-0.25, -0.2) is 0 Å². The summed E-state index contributed by atoms with van der Waals surface area (Å²) in [4.78, 5) is 28.7. The molecule has 0 radical (unpaired) electrons. The molecule has 0 amide bonds. The highest BCUT2D eigenvalue weighted by Crippen LogP contribution is 2.53. The Bertz CT molecular complexity index is 1310. The number of rotatable bonds is 4. The molecule has 2 aromatic carbocycles. The molecule has 0 bridgehead atoms. The number of phenols is 2. The van der Waals surface area contributed by atoms with E-state index in [0.717, 1.165) is 0 Å². The lowest BCUT2D eigenvalue weighted by Crippen LogP contribution is -2.54. The normalized spacial score (nSPS) is 32.6. The minimum atomic E-state index is -1.64. The van der Waals surface area contributed by atoms with E-state index >= 15 is 0 Å². The first kappa shape index (κ1) is 26.7. The molecule has 7 unspecified atom stereocenters. The first-order chi connectivity index (χ1) is 17.9. The van der Waals surface area contributed by atoms with E-state index in [1.807, 2.05) is 19.0 Å². The van der Waals surface area contributed by atoms with E-state index in [-0.39, 0.29) is 64.4 Å². The van der Waals surface area contributed by atoms with Gasteiger partial charge in [0.25, 0.3) is 0 Å². The number of aliphatic hydroxyl groups excluding tert-OH is 2. The molecule has 1 saturated heterocycles. The van der Waals surface area contributed by atoms with Crippen molar-refractivity contribution in [3.63, 3.8) is 0 Å². The Labute approximate surface area is 220 Å². The second kappa shape index (κ2) is 9.41. The number of hydrogen-bond acceptors (Lipinski definition) is 10. The average Bonchev–Trinajstić information content (AvgIpc) is 2.86. The van der Waals surface area contributed by atoms with Crippen molar-refractivity contribution in [2.24, 2.45) is 0 Å². The van der Waals surface area contributed by atoms with Crippen molar-refractivity contribution in [1.82, 2.24) is 4.90 Å². The number of ketones is 2. The molecule has 1 fully saturated rings. The molecule has 10 heteroatoms. The predicted molar refractivity (Wildman–Crippen MR) is 134 cm³/mol. The number of fused-ring (bicyclic) bond motifs is 3. The van der Waals surface area contributed by atoms with E-state index < -0.39 is 53.6 Å². The number of carbonyl (C=O) groups excluding carboxylic acids is 2. The molecule has 5 N–H and O–H groups in total. The highest BCUT2D eigenvalue weighted by atomic mass is 16.7. The van der Waals surface area contributed by atoms with Gasteiger partial charge in [-0.05, 0) is 45.1 Å². The summed E-state index contributed by atoms with van der Waals surface area (Å²) in [5.74, 6) is -2.30. The van der Waals surface area contributed by atoms with Crippen LogP contribution >= 0.6 is 0 Å². The van der Waals surface area contributed by atoms with Gasteiger partial charge in [0.05, 0.1) is 35.0 Å². The van der Waals surface area contributed by atoms with E-state index in [2.05, 4.69) is 0 Å². The maximum atomic E-state index is 13.5. The number of aromatic hydroxyl groups is 2. The van der Waals surface area contributed by atoms with Crippen LogP contribution in [0.3, 0.4) is 0 Å². The standard InChI is InChI=1S/C28H33NO9/c1-5-28(36)11-18(31)14-9-15-21(25(34)20-13(24(15)33)7-6-8-17(20)30)26(35)22(14)27(28)38-19-10-16(29(3)4)23(32)12(2)37-19/h6-9,12,16,18-19,23,27,30-32,35-36H,5,10-11H2,1-4H3. The van der Waals surface area contributed by atoms with Crippen LogP contribution in [-0.4, -0.2) is 86.2 Å². The molecule has 7 atom stereocenters. The zero-order valence-electron chi connectivity index (χ0n) is 21.7. The minimum absolute atomic E-state index is 0.00268. The summed E-state index contributed by atoms with van der Waals surface area (Å²) >= 11 is 0. The molecule has 0 spiro atoms. The number of ether oxygens (including phenoxy) is 2. The van der Waals surface area contributed by atoms with Crippen LogP contribution in [0.5, 0.6) is 11.5 Å². The van der Waals surface area contributed by atoms with Crippen LogP contribution in [0, 0.1) is 0 Å². The molecule has 0 aromatic heterocycles. The van der Waals surface area contributed by atoms with E-state index in [1.54, 1.807) is 13.8 Å². The lowest BCUT2D eigenvalue weighted by Gasteiger charge is -2.47. The van der Waals surface area contributed by atoms with Gasteiger partial charge in [-0.15, -0.1) is 0 Å². The molecule has 1 heterocycles. The monoisotopic (exact) mass is 527 g/mol. The summed E-state index contributed by atoms with van der Waals surface area (Å²) in [6.07, 6.45) is -4.44. The van der Waals surface area contributed by atoms with Gasteiger partial charge in [0.2, 0.25) is 5.78 Å². The topological polar surface area (TPSA) is 157 Å². The second-order valence-corrected chi connectivity index (χ2v) is 10.7. The molecule has 0 saturated carbocycles. The maximum Gasteiger partial charge on any atom is 0.201 e. The number of carbonyl (C=O) groups is 2. The fourth-order valence-electron chi connectivity index (χ4n) is 6.03. The van der Waals surface area contributed by atoms with Crippen LogP contribution in [0.2, 0.25) is 0 Å². The van der Waals surface area contributed by atoms with Gasteiger partial charge in [-0.1, -0.05) is 19.1 Å². The maximum absolute atomic E-state index is 13.5. The van der Waals surface area contributed by atoms with Gasteiger partial charge in [0.15, 0.2) is 12.1 Å². The summed E-state index contributed by atoms with van der Waals surface area (Å²) in [5.41, 5.74) is -2.10. The number of aliphatic hydroxyl groups is 3. The summed E-state index contributed by atoms with van der Waals surface area (Å²) < 4.78 is 12.2. The summed E-state index contributed by atoms with van der Waals surface area (Å²) in [7, 11) is 3.65. The Hall–Kier alpha value is -2.86. The fraction of sp³-hybridized carbons (Fsp3) is 0.500. The second-order valence-electron chi connectivity index (χ2n) is 10.7. The summed E-state index contributed by atoms with van der Waals surface area (Å²) in [6.45, 7) is 3.42. The first-order valence-corrected chi connectivity index (χ1v) is 12.8. The van der Waals surface area contributed by atoms with Gasteiger partial charge < -0.3 is 39.9 Å². The van der Waals surface area contributed by atoms with Crippen molar-refractivity contribution in [1.29, 1.82) is 0 Å². The molecule has 2 aromatic rings. The molecular formula is C28H33NO9. The number of benzene rings is 2. The summed E-state index contributed by atoms with van der Waals surface area (Å²) in [6, 6.07) is 5.22. The number of phenolic OH excluding ortho intramolecular Hbond substituents is 2. The van der Waals surface area contributed by atoms with Gasteiger partial charge in [0.1, 0.15) is 17.6 Å². The third-order valence-corrected chi connectivity index (χ3v) is 8.25. The van der Waals surface area contributed by atoms with Crippen LogP contribution in [0.4, 0.5) is 0 Å². The van der Waals surface area contributed by atoms with Crippen LogP contribution < -0.4 is 0 Å². The predicted octanol–water partition coefficient (Wildman–Crippen LogP) is 1.94. The molecular weight excluding hydrogens is 494 g/mol. The van der Waals surface area contributed by atoms with Crippen molar-refractivity contribution < 1.29 is 44.6 Å². The zero-order chi connectivity index (χ0) is 27.7. The van der Waals surface area contributed by atoms with Gasteiger partial charge in [-0.2, -0.15) is 0 Å². The quantitative estimate of drug-likeness (QED) is 0.340. The van der Waals surface area contributed by atoms with E-state index in [1.165, 1.54) is 24.3 Å². The third-order valence-electron chi connectivity index (χ3n) is 8.25. The van der Waals surface area contributed by atoms with Crippen molar-refractivity contribution in [2.75, 3.05) is 14.1 Å². The first-order valence-electron chi connectivity index (χ1n) is 12.8. The summed E-state index contributed by atoms with van der Waals surface area (Å²) in [5, 5.41) is 55.1. The largest absolute Gasteiger partial charge is 0.507 e. The molecule has 5 rings (SSSR count). The van der Waals surface area contributed by atoms with E-state index in [4.69, 9.17) is 9.47 Å². The Morgan fingerprint density at radius 3 is 2.47 bits per heavy atom. The minimum Gasteiger partial charge on any atom is -0.507 e. The highest BCUT2D eigenvalue weighted by Gasteiger charge is 2.51. The van der Waals surface area contributed by atoms with Crippen LogP contribution in [0.25, 0.3) is 0 Å². The molecule has 204 valence electrons. The Balaban J connectivity index is 1.64. The van der Waals surface area contributed by atoms with E-state index in [9.17, 15) is 35.1 Å². The highest BCUT2D eigenvalue weighted by molar-refractivity contribution is 6.30. The third kappa shape index (κ3) is 3.95. The van der Waals surface area contributed by atoms with Crippen molar-refractivity contribution >= 4 is 11.6 Å². The van der Waals surface area contributed by atoms with Crippen LogP contribution in [0.1, 0.15) is 88.3 Å². The lowest BCUT2D eigenvalue weighted by atomic mass is 9.71. The SMILES string of the molecule is CCC1(O)CC(O)c2cc3c(c(O)c2C1OC1CC(N(C)C)C(O)C(C)O1)C(=O)c1c(O)cccc1C3=O. The molecule has 2 aliphatic carbocycles. The Morgan fingerprint density at radius 1 is 1.11 bits per heavy atom. The number of likely N-dealkylation sites (N-methyl/N-ethyl adjacent to an activating group) is 1. The molecule has 38 heavy (non-hydrogen) atoms.